The van der Waals surface area contributed by atoms with Crippen LogP contribution in [0.1, 0.15) is 39.9 Å². The highest BCUT2D eigenvalue weighted by Gasteiger charge is 2.54. The molecule has 3 aliphatic rings. The van der Waals surface area contributed by atoms with E-state index >= 15 is 0 Å². The molecule has 1 amide bonds. The number of nitrogens with one attached hydrogen (secondary N) is 1. The molecule has 196 valence electrons. The number of nitrogens with zero attached hydrogens (tertiary/aromatic N) is 1. The summed E-state index contributed by atoms with van der Waals surface area (Å²) in [5, 5.41) is 34.5. The van der Waals surface area contributed by atoms with E-state index in [9.17, 15) is 20.1 Å². The fourth-order valence-corrected chi connectivity index (χ4v) is 6.97. The van der Waals surface area contributed by atoms with Crippen LogP contribution in [0.15, 0.2) is 72.8 Å². The van der Waals surface area contributed by atoms with Crippen LogP contribution in [0.4, 0.5) is 0 Å². The Bertz CT molecular complexity index is 1380. The number of piperidine rings is 1. The van der Waals surface area contributed by atoms with Gasteiger partial charge in [0, 0.05) is 29.5 Å². The number of aliphatic hydroxyl groups is 1. The van der Waals surface area contributed by atoms with Crippen molar-refractivity contribution >= 4 is 5.91 Å². The summed E-state index contributed by atoms with van der Waals surface area (Å²) in [4.78, 5) is 15.6. The van der Waals surface area contributed by atoms with Gasteiger partial charge in [0.1, 0.15) is 11.5 Å². The highest BCUT2D eigenvalue weighted by atomic mass is 16.3. The maximum Gasteiger partial charge on any atom is 0.255 e. The Hall–Kier alpha value is -3.61. The maximum atomic E-state index is 13.2. The van der Waals surface area contributed by atoms with Gasteiger partial charge in [0.25, 0.3) is 5.91 Å². The van der Waals surface area contributed by atoms with Crippen LogP contribution >= 0.6 is 0 Å². The van der Waals surface area contributed by atoms with Crippen LogP contribution in [-0.2, 0) is 18.3 Å². The lowest BCUT2D eigenvalue weighted by Gasteiger charge is -2.57. The smallest absolute Gasteiger partial charge is 0.255 e. The van der Waals surface area contributed by atoms with Crippen molar-refractivity contribution in [2.24, 2.45) is 5.92 Å². The predicted octanol–water partition coefficient (Wildman–Crippen LogP) is 4.17. The second-order valence-electron chi connectivity index (χ2n) is 11.1. The lowest BCUT2D eigenvalue weighted by molar-refractivity contribution is 0.0195. The van der Waals surface area contributed by atoms with E-state index in [0.717, 1.165) is 47.2 Å². The van der Waals surface area contributed by atoms with Gasteiger partial charge >= 0.3 is 0 Å². The summed E-state index contributed by atoms with van der Waals surface area (Å²) >= 11 is 0. The van der Waals surface area contributed by atoms with Crippen molar-refractivity contribution in [2.45, 2.75) is 43.2 Å². The summed E-state index contributed by atoms with van der Waals surface area (Å²) < 4.78 is 0. The van der Waals surface area contributed by atoms with Gasteiger partial charge < -0.3 is 25.5 Å². The minimum Gasteiger partial charge on any atom is -0.508 e. The Morgan fingerprint density at radius 1 is 1.00 bits per heavy atom. The van der Waals surface area contributed by atoms with E-state index in [-0.39, 0.29) is 28.7 Å². The Kier molecular flexibility index (Phi) is 6.25. The van der Waals surface area contributed by atoms with Gasteiger partial charge in [-0.15, -0.1) is 0 Å². The molecule has 6 heteroatoms. The van der Waals surface area contributed by atoms with Gasteiger partial charge in [-0.1, -0.05) is 54.6 Å². The molecule has 0 spiro atoms. The van der Waals surface area contributed by atoms with Gasteiger partial charge in [-0.25, -0.2) is 0 Å². The second kappa shape index (κ2) is 9.61. The first kappa shape index (κ1) is 24.7. The normalized spacial score (nSPS) is 25.9. The van der Waals surface area contributed by atoms with Crippen LogP contribution in [0, 0.1) is 5.92 Å². The lowest BCUT2D eigenvalue weighted by atomic mass is 9.53. The van der Waals surface area contributed by atoms with Gasteiger partial charge in [0.2, 0.25) is 0 Å². The van der Waals surface area contributed by atoms with Crippen LogP contribution in [0.25, 0.3) is 11.1 Å². The van der Waals surface area contributed by atoms with Gasteiger partial charge in [0.05, 0.1) is 11.7 Å². The first-order chi connectivity index (χ1) is 18.4. The molecule has 0 saturated carbocycles. The van der Waals surface area contributed by atoms with Gasteiger partial charge in [0.15, 0.2) is 0 Å². The molecule has 2 aliphatic carbocycles. The number of benzene rings is 3. The Balaban J connectivity index is 1.18. The molecule has 3 aromatic rings. The number of carbonyl (C=O) groups excluding carboxylic acids is 1. The SMILES string of the molecule is CN1CC[C@]23C[C@@H](O)C=C[C@H]2C1Cc1ccc(C(=O)NCCc2ccc(-c4ccc(O)cc4)cc2)c(O)c13. The zero-order chi connectivity index (χ0) is 26.4. The molecule has 2 bridgehead atoms. The third kappa shape index (κ3) is 4.18. The molecule has 1 saturated heterocycles. The number of carbonyl (C=O) groups is 1. The second-order valence-corrected chi connectivity index (χ2v) is 11.1. The third-order valence-electron chi connectivity index (χ3n) is 8.93. The summed E-state index contributed by atoms with van der Waals surface area (Å²) in [6.07, 6.45) is 6.40. The molecule has 3 aromatic carbocycles. The summed E-state index contributed by atoms with van der Waals surface area (Å²) in [6.45, 7) is 1.36. The topological polar surface area (TPSA) is 93.0 Å². The number of fused-ring (bicyclic) bond motifs is 1. The molecule has 0 radical (unpaired) electrons. The fraction of sp³-hybridized carbons (Fsp3) is 0.344. The molecule has 1 heterocycles. The van der Waals surface area contributed by atoms with Crippen LogP contribution in [0.3, 0.4) is 0 Å². The number of phenolic OH excluding ortho intramolecular Hbond substituents is 2. The fourth-order valence-electron chi connectivity index (χ4n) is 6.97. The number of likely N-dealkylation sites (N-methyl/N-ethyl adjacent to an activating group) is 1. The molecule has 1 aliphatic heterocycles. The molecule has 6 rings (SSSR count). The highest BCUT2D eigenvalue weighted by Crippen LogP contribution is 2.56. The van der Waals surface area contributed by atoms with Crippen LogP contribution < -0.4 is 5.32 Å². The quantitative estimate of drug-likeness (QED) is 0.387. The van der Waals surface area contributed by atoms with Crippen molar-refractivity contribution in [1.82, 2.24) is 10.2 Å². The first-order valence-corrected chi connectivity index (χ1v) is 13.4. The molecule has 38 heavy (non-hydrogen) atoms. The minimum atomic E-state index is -0.543. The van der Waals surface area contributed by atoms with Crippen molar-refractivity contribution < 1.29 is 20.1 Å². The van der Waals surface area contributed by atoms with E-state index in [1.807, 2.05) is 48.5 Å². The summed E-state index contributed by atoms with van der Waals surface area (Å²) in [7, 11) is 2.15. The van der Waals surface area contributed by atoms with E-state index in [0.29, 0.717) is 31.0 Å². The molecule has 4 atom stereocenters. The average Bonchev–Trinajstić information content (AvgIpc) is 2.91. The van der Waals surface area contributed by atoms with Crippen LogP contribution in [0.5, 0.6) is 11.5 Å². The zero-order valence-electron chi connectivity index (χ0n) is 21.6. The maximum absolute atomic E-state index is 13.2. The number of rotatable bonds is 5. The summed E-state index contributed by atoms with van der Waals surface area (Å²) in [5.74, 6) is 0.259. The molecule has 1 unspecified atom stereocenters. The van der Waals surface area contributed by atoms with E-state index in [2.05, 4.69) is 23.3 Å². The Labute approximate surface area is 223 Å². The lowest BCUT2D eigenvalue weighted by Crippen LogP contribution is -2.60. The standard InChI is InChI=1S/C32H34N2O4/c1-34-17-15-32-19-25(36)11-13-27(32)28(34)18-23-8-12-26(30(37)29(23)32)31(38)33-16-14-20-2-4-21(5-3-20)22-6-9-24(35)10-7-22/h2-13,25,27-28,35-37H,14-19H2,1H3,(H,33,38)/t25-,27-,28?,32-/m0/s1. The van der Waals surface area contributed by atoms with E-state index < -0.39 is 6.10 Å². The number of aliphatic hydroxyl groups excluding tert-OH is 1. The van der Waals surface area contributed by atoms with Crippen LogP contribution in [-0.4, -0.2) is 58.4 Å². The average molecular weight is 511 g/mol. The number of likely N-dealkylation sites (tertiary alicyclic amines) is 1. The minimum absolute atomic E-state index is 0.0775. The van der Waals surface area contributed by atoms with Gasteiger partial charge in [-0.3, -0.25) is 4.79 Å². The van der Waals surface area contributed by atoms with Crippen molar-refractivity contribution in [3.63, 3.8) is 0 Å². The number of amides is 1. The highest BCUT2D eigenvalue weighted by molar-refractivity contribution is 5.97. The Morgan fingerprint density at radius 3 is 2.45 bits per heavy atom. The number of hydrogen-bond donors (Lipinski definition) is 4. The van der Waals surface area contributed by atoms with Gasteiger partial charge in [-0.05, 0) is 79.7 Å². The van der Waals surface area contributed by atoms with Crippen LogP contribution in [0.2, 0.25) is 0 Å². The van der Waals surface area contributed by atoms with Gasteiger partial charge in [-0.2, -0.15) is 0 Å². The molecule has 6 nitrogen and oxygen atoms in total. The van der Waals surface area contributed by atoms with Crippen molar-refractivity contribution in [2.75, 3.05) is 20.1 Å². The Morgan fingerprint density at radius 2 is 1.71 bits per heavy atom. The summed E-state index contributed by atoms with van der Waals surface area (Å²) in [6, 6.07) is 19.4. The van der Waals surface area contributed by atoms with E-state index in [1.165, 1.54) is 0 Å². The van der Waals surface area contributed by atoms with Crippen molar-refractivity contribution in [3.05, 3.63) is 95.1 Å². The van der Waals surface area contributed by atoms with Crippen molar-refractivity contribution in [1.29, 1.82) is 0 Å². The zero-order valence-corrected chi connectivity index (χ0v) is 21.6. The van der Waals surface area contributed by atoms with E-state index in [4.69, 9.17) is 0 Å². The molecular formula is C32H34N2O4. The molecule has 0 aromatic heterocycles. The molecular weight excluding hydrogens is 476 g/mol. The van der Waals surface area contributed by atoms with E-state index in [1.54, 1.807) is 18.2 Å². The number of phenols is 2. The largest absolute Gasteiger partial charge is 0.508 e. The van der Waals surface area contributed by atoms with Crippen molar-refractivity contribution in [3.8, 4) is 22.6 Å². The third-order valence-corrected chi connectivity index (χ3v) is 8.93. The summed E-state index contributed by atoms with van der Waals surface area (Å²) in [5.41, 5.74) is 5.11. The predicted molar refractivity (Wildman–Crippen MR) is 147 cm³/mol. The first-order valence-electron chi connectivity index (χ1n) is 13.4. The molecule has 1 fully saturated rings. The molecule has 4 N–H and O–H groups in total. The number of aromatic hydroxyl groups is 2. The number of hydrogen-bond acceptors (Lipinski definition) is 5. The monoisotopic (exact) mass is 510 g/mol.